The SMILES string of the molecule is CCc1ccsc1C(=O)c1ccc(Br)c2ccccc12. The van der Waals surface area contributed by atoms with Gasteiger partial charge in [-0.05, 0) is 46.3 Å². The van der Waals surface area contributed by atoms with Crippen molar-refractivity contribution in [3.63, 3.8) is 0 Å². The normalized spacial score (nSPS) is 10.9. The molecule has 3 heteroatoms. The van der Waals surface area contributed by atoms with Crippen molar-refractivity contribution in [1.29, 1.82) is 0 Å². The second kappa shape index (κ2) is 5.51. The molecule has 2 aromatic carbocycles. The maximum Gasteiger partial charge on any atom is 0.203 e. The van der Waals surface area contributed by atoms with Gasteiger partial charge in [0.25, 0.3) is 0 Å². The molecule has 0 amide bonds. The molecule has 0 spiro atoms. The third kappa shape index (κ3) is 2.21. The summed E-state index contributed by atoms with van der Waals surface area (Å²) in [6.07, 6.45) is 0.888. The molecule has 1 aromatic heterocycles. The number of benzene rings is 2. The van der Waals surface area contributed by atoms with E-state index in [1.165, 1.54) is 11.3 Å². The molecule has 0 saturated heterocycles. The molecule has 0 saturated carbocycles. The molecule has 0 bridgehead atoms. The minimum Gasteiger partial charge on any atom is -0.288 e. The highest BCUT2D eigenvalue weighted by molar-refractivity contribution is 9.10. The number of aryl methyl sites for hydroxylation is 1. The Morgan fingerprint density at radius 2 is 1.85 bits per heavy atom. The fourth-order valence-corrected chi connectivity index (χ4v) is 3.82. The summed E-state index contributed by atoms with van der Waals surface area (Å²) in [5, 5.41) is 4.07. The predicted octanol–water partition coefficient (Wildman–Crippen LogP) is 5.46. The Bertz CT molecular complexity index is 789. The first-order chi connectivity index (χ1) is 9.72. The molecule has 1 nitrogen and oxygen atoms in total. The quantitative estimate of drug-likeness (QED) is 0.576. The van der Waals surface area contributed by atoms with E-state index < -0.39 is 0 Å². The number of carbonyl (C=O) groups is 1. The van der Waals surface area contributed by atoms with Crippen LogP contribution in [0.1, 0.15) is 27.7 Å². The lowest BCUT2D eigenvalue weighted by Crippen LogP contribution is -2.02. The van der Waals surface area contributed by atoms with E-state index in [1.54, 1.807) is 0 Å². The highest BCUT2D eigenvalue weighted by Crippen LogP contribution is 2.30. The number of hydrogen-bond acceptors (Lipinski definition) is 2. The van der Waals surface area contributed by atoms with Crippen molar-refractivity contribution < 1.29 is 4.79 Å². The zero-order valence-electron chi connectivity index (χ0n) is 11.0. The van der Waals surface area contributed by atoms with Crippen LogP contribution in [0.15, 0.2) is 52.3 Å². The van der Waals surface area contributed by atoms with Gasteiger partial charge < -0.3 is 0 Å². The van der Waals surface area contributed by atoms with Gasteiger partial charge in [-0.25, -0.2) is 0 Å². The van der Waals surface area contributed by atoms with Crippen molar-refractivity contribution in [2.45, 2.75) is 13.3 Å². The van der Waals surface area contributed by atoms with E-state index in [-0.39, 0.29) is 5.78 Å². The third-order valence-electron chi connectivity index (χ3n) is 3.45. The summed E-state index contributed by atoms with van der Waals surface area (Å²) in [5.41, 5.74) is 1.91. The average Bonchev–Trinajstić information content (AvgIpc) is 2.96. The molecule has 0 atom stereocenters. The van der Waals surface area contributed by atoms with Crippen LogP contribution in [-0.4, -0.2) is 5.78 Å². The van der Waals surface area contributed by atoms with E-state index in [4.69, 9.17) is 0 Å². The molecule has 0 unspecified atom stereocenters. The molecule has 3 aromatic rings. The highest BCUT2D eigenvalue weighted by Gasteiger charge is 2.17. The number of rotatable bonds is 3. The molecule has 3 rings (SSSR count). The second-order valence-corrected chi connectivity index (χ2v) is 6.37. The van der Waals surface area contributed by atoms with Crippen molar-refractivity contribution in [3.05, 3.63) is 68.3 Å². The van der Waals surface area contributed by atoms with Gasteiger partial charge in [0, 0.05) is 10.0 Å². The number of hydrogen-bond donors (Lipinski definition) is 0. The summed E-state index contributed by atoms with van der Waals surface area (Å²) < 4.78 is 1.02. The summed E-state index contributed by atoms with van der Waals surface area (Å²) in [7, 11) is 0. The first-order valence-corrected chi connectivity index (χ1v) is 8.18. The molecular formula is C17H13BrOS. The molecule has 0 fully saturated rings. The van der Waals surface area contributed by atoms with E-state index in [9.17, 15) is 4.79 Å². The van der Waals surface area contributed by atoms with Crippen molar-refractivity contribution in [3.8, 4) is 0 Å². The molecule has 100 valence electrons. The average molecular weight is 345 g/mol. The van der Waals surface area contributed by atoms with Gasteiger partial charge in [0.1, 0.15) is 0 Å². The van der Waals surface area contributed by atoms with Crippen LogP contribution in [0.2, 0.25) is 0 Å². The smallest absolute Gasteiger partial charge is 0.203 e. The van der Waals surface area contributed by atoms with Gasteiger partial charge in [-0.3, -0.25) is 4.79 Å². The fraction of sp³-hybridized carbons (Fsp3) is 0.118. The van der Waals surface area contributed by atoms with E-state index in [0.29, 0.717) is 0 Å². The van der Waals surface area contributed by atoms with Crippen LogP contribution in [0.3, 0.4) is 0 Å². The highest BCUT2D eigenvalue weighted by atomic mass is 79.9. The number of ketones is 1. The molecule has 0 N–H and O–H groups in total. The van der Waals surface area contributed by atoms with Crippen molar-refractivity contribution >= 4 is 43.8 Å². The molecule has 0 aliphatic heterocycles. The van der Waals surface area contributed by atoms with Crippen LogP contribution in [0.5, 0.6) is 0 Å². The topological polar surface area (TPSA) is 17.1 Å². The van der Waals surface area contributed by atoms with E-state index in [2.05, 4.69) is 22.9 Å². The third-order valence-corrected chi connectivity index (χ3v) is 5.10. The van der Waals surface area contributed by atoms with Crippen molar-refractivity contribution in [2.75, 3.05) is 0 Å². The lowest BCUT2D eigenvalue weighted by molar-refractivity contribution is 0.104. The van der Waals surface area contributed by atoms with E-state index >= 15 is 0 Å². The molecular weight excluding hydrogens is 332 g/mol. The van der Waals surface area contributed by atoms with E-state index in [0.717, 1.165) is 37.7 Å². The summed E-state index contributed by atoms with van der Waals surface area (Å²) in [6.45, 7) is 2.08. The van der Waals surface area contributed by atoms with E-state index in [1.807, 2.05) is 47.8 Å². The van der Waals surface area contributed by atoms with Gasteiger partial charge in [-0.1, -0.05) is 47.1 Å². The Kier molecular flexibility index (Phi) is 3.72. The number of carbonyl (C=O) groups excluding carboxylic acids is 1. The Labute approximate surface area is 130 Å². The summed E-state index contributed by atoms with van der Waals surface area (Å²) in [4.78, 5) is 13.7. The van der Waals surface area contributed by atoms with Gasteiger partial charge >= 0.3 is 0 Å². The lowest BCUT2D eigenvalue weighted by atomic mass is 9.99. The largest absolute Gasteiger partial charge is 0.288 e. The predicted molar refractivity (Wildman–Crippen MR) is 88.8 cm³/mol. The maximum atomic E-state index is 12.8. The number of halogens is 1. The van der Waals surface area contributed by atoms with Gasteiger partial charge in [0.2, 0.25) is 5.78 Å². The van der Waals surface area contributed by atoms with Crippen LogP contribution >= 0.6 is 27.3 Å². The summed E-state index contributed by atoms with van der Waals surface area (Å²) >= 11 is 5.08. The number of fused-ring (bicyclic) bond motifs is 1. The monoisotopic (exact) mass is 344 g/mol. The van der Waals surface area contributed by atoms with Crippen LogP contribution in [0.4, 0.5) is 0 Å². The summed E-state index contributed by atoms with van der Waals surface area (Å²) in [6, 6.07) is 13.9. The van der Waals surface area contributed by atoms with Crippen LogP contribution in [0.25, 0.3) is 10.8 Å². The first-order valence-electron chi connectivity index (χ1n) is 6.50. The Balaban J connectivity index is 2.20. The number of thiophene rings is 1. The van der Waals surface area contributed by atoms with Gasteiger partial charge in [0.05, 0.1) is 4.88 Å². The standard InChI is InChI=1S/C17H13BrOS/c1-2-11-9-10-20-17(11)16(19)14-7-8-15(18)13-6-4-3-5-12(13)14/h3-10H,2H2,1H3. The molecule has 20 heavy (non-hydrogen) atoms. The maximum absolute atomic E-state index is 12.8. The zero-order chi connectivity index (χ0) is 14.1. The van der Waals surface area contributed by atoms with Gasteiger partial charge in [-0.15, -0.1) is 11.3 Å². The van der Waals surface area contributed by atoms with Gasteiger partial charge in [-0.2, -0.15) is 0 Å². The van der Waals surface area contributed by atoms with Crippen LogP contribution in [0, 0.1) is 0 Å². The lowest BCUT2D eigenvalue weighted by Gasteiger charge is -2.07. The van der Waals surface area contributed by atoms with Crippen molar-refractivity contribution in [1.82, 2.24) is 0 Å². The molecule has 0 radical (unpaired) electrons. The van der Waals surface area contributed by atoms with Crippen molar-refractivity contribution in [2.24, 2.45) is 0 Å². The Hall–Kier alpha value is -1.45. The Morgan fingerprint density at radius 3 is 2.60 bits per heavy atom. The summed E-state index contributed by atoms with van der Waals surface area (Å²) in [5.74, 6) is 0.126. The van der Waals surface area contributed by atoms with Gasteiger partial charge in [0.15, 0.2) is 0 Å². The first kappa shape index (κ1) is 13.5. The zero-order valence-corrected chi connectivity index (χ0v) is 13.4. The molecule has 0 aliphatic rings. The molecule has 0 aliphatic carbocycles. The fourth-order valence-electron chi connectivity index (χ4n) is 2.40. The van der Waals surface area contributed by atoms with Crippen LogP contribution < -0.4 is 0 Å². The molecule has 1 heterocycles. The Morgan fingerprint density at radius 1 is 1.10 bits per heavy atom. The van der Waals surface area contributed by atoms with Crippen LogP contribution in [-0.2, 0) is 6.42 Å². The minimum atomic E-state index is 0.126. The minimum absolute atomic E-state index is 0.126. The second-order valence-electron chi connectivity index (χ2n) is 4.60.